The lowest BCUT2D eigenvalue weighted by Crippen LogP contribution is -2.41. The summed E-state index contributed by atoms with van der Waals surface area (Å²) in [7, 11) is 0. The topological polar surface area (TPSA) is 101 Å². The van der Waals surface area contributed by atoms with E-state index in [4.69, 9.17) is 33.9 Å². The van der Waals surface area contributed by atoms with Crippen molar-refractivity contribution in [3.05, 3.63) is 71.8 Å². The number of hydrogen-bond donors (Lipinski definition) is 4. The van der Waals surface area contributed by atoms with E-state index in [9.17, 15) is 9.59 Å². The fourth-order valence-electron chi connectivity index (χ4n) is 3.64. The largest absolute Gasteiger partial charge is 0.460 e. The Kier molecular flexibility index (Phi) is 14.5. The molecule has 0 radical (unpaired) electrons. The highest BCUT2D eigenvalue weighted by molar-refractivity contribution is 7.80. The van der Waals surface area contributed by atoms with Gasteiger partial charge in [-0.05, 0) is 82.5 Å². The van der Waals surface area contributed by atoms with Crippen LogP contribution >= 0.6 is 24.4 Å². The van der Waals surface area contributed by atoms with Crippen LogP contribution in [0.5, 0.6) is 0 Å². The van der Waals surface area contributed by atoms with Gasteiger partial charge in [-0.1, -0.05) is 60.7 Å². The van der Waals surface area contributed by atoms with Gasteiger partial charge in [-0.15, -0.1) is 0 Å². The van der Waals surface area contributed by atoms with Gasteiger partial charge in [0, 0.05) is 26.2 Å². The van der Waals surface area contributed by atoms with E-state index < -0.39 is 10.8 Å². The first-order chi connectivity index (χ1) is 19.5. The van der Waals surface area contributed by atoms with Gasteiger partial charge in [-0.2, -0.15) is 0 Å². The maximum atomic E-state index is 12.5. The number of benzene rings is 2. The molecule has 0 saturated heterocycles. The summed E-state index contributed by atoms with van der Waals surface area (Å²) in [6.45, 7) is 10.5. The van der Waals surface area contributed by atoms with Crippen molar-refractivity contribution >= 4 is 46.6 Å². The zero-order valence-corrected chi connectivity index (χ0v) is 26.2. The zero-order valence-electron chi connectivity index (χ0n) is 24.6. The van der Waals surface area contributed by atoms with Gasteiger partial charge in [0.1, 0.15) is 13.2 Å². The highest BCUT2D eigenvalue weighted by Crippen LogP contribution is 2.23. The lowest BCUT2D eigenvalue weighted by atomic mass is 9.89. The van der Waals surface area contributed by atoms with Crippen LogP contribution < -0.4 is 21.3 Å². The molecule has 0 aliphatic rings. The van der Waals surface area contributed by atoms with E-state index in [1.165, 1.54) is 0 Å². The Morgan fingerprint density at radius 1 is 0.610 bits per heavy atom. The van der Waals surface area contributed by atoms with Crippen LogP contribution in [0.4, 0.5) is 0 Å². The smallest absolute Gasteiger partial charge is 0.311 e. The van der Waals surface area contributed by atoms with Gasteiger partial charge in [0.05, 0.1) is 10.8 Å². The predicted octanol–water partition coefficient (Wildman–Crippen LogP) is 4.62. The van der Waals surface area contributed by atoms with Gasteiger partial charge in [-0.25, -0.2) is 0 Å². The van der Waals surface area contributed by atoms with E-state index in [2.05, 4.69) is 21.3 Å². The van der Waals surface area contributed by atoms with Crippen LogP contribution in [-0.2, 0) is 32.3 Å². The average Bonchev–Trinajstić information content (AvgIpc) is 2.95. The normalized spacial score (nSPS) is 11.2. The van der Waals surface area contributed by atoms with E-state index in [1.807, 2.05) is 88.4 Å². The predicted molar refractivity (Wildman–Crippen MR) is 171 cm³/mol. The summed E-state index contributed by atoms with van der Waals surface area (Å²) in [4.78, 5) is 25.0. The highest BCUT2D eigenvalue weighted by atomic mass is 32.1. The molecule has 0 fully saturated rings. The third-order valence-electron chi connectivity index (χ3n) is 6.53. The quantitative estimate of drug-likeness (QED) is 0.124. The lowest BCUT2D eigenvalue weighted by Gasteiger charge is -2.23. The van der Waals surface area contributed by atoms with Gasteiger partial charge >= 0.3 is 11.9 Å². The minimum absolute atomic E-state index is 0.232. The van der Waals surface area contributed by atoms with Gasteiger partial charge in [0.15, 0.2) is 10.2 Å². The molecular formula is C31H44N4O4S2. The maximum Gasteiger partial charge on any atom is 0.311 e. The van der Waals surface area contributed by atoms with Crippen LogP contribution in [0.15, 0.2) is 60.7 Å². The van der Waals surface area contributed by atoms with Crippen LogP contribution in [0.1, 0.15) is 58.1 Å². The number of hydrogen-bond acceptors (Lipinski definition) is 6. The first-order valence-electron chi connectivity index (χ1n) is 14.0. The summed E-state index contributed by atoms with van der Waals surface area (Å²) in [5.74, 6) is -0.464. The molecule has 224 valence electrons. The van der Waals surface area contributed by atoms with Gasteiger partial charge < -0.3 is 30.7 Å². The lowest BCUT2D eigenvalue weighted by molar-refractivity contribution is -0.156. The van der Waals surface area contributed by atoms with Crippen LogP contribution in [-0.4, -0.2) is 48.3 Å². The number of rotatable bonds is 16. The average molecular weight is 601 g/mol. The van der Waals surface area contributed by atoms with Gasteiger partial charge in [-0.3, -0.25) is 9.59 Å². The Labute approximate surface area is 255 Å². The van der Waals surface area contributed by atoms with Crippen molar-refractivity contribution in [2.24, 2.45) is 10.8 Å². The number of carbonyl (C=O) groups is 2. The molecule has 0 saturated carbocycles. The van der Waals surface area contributed by atoms with Gasteiger partial charge in [0.25, 0.3) is 0 Å². The molecule has 0 atom stereocenters. The molecule has 0 aliphatic carbocycles. The number of esters is 2. The molecule has 2 aromatic carbocycles. The molecule has 0 bridgehead atoms. The summed E-state index contributed by atoms with van der Waals surface area (Å²) < 4.78 is 11.0. The van der Waals surface area contributed by atoms with Crippen molar-refractivity contribution in [1.29, 1.82) is 0 Å². The minimum Gasteiger partial charge on any atom is -0.460 e. The second kappa shape index (κ2) is 17.5. The Hall–Kier alpha value is -3.24. The van der Waals surface area contributed by atoms with Crippen LogP contribution in [0, 0.1) is 10.8 Å². The summed E-state index contributed by atoms with van der Waals surface area (Å²) in [5, 5.41) is 13.7. The van der Waals surface area contributed by atoms with E-state index in [0.29, 0.717) is 49.2 Å². The maximum absolute atomic E-state index is 12.5. The minimum atomic E-state index is -0.623. The number of nitrogens with one attached hydrogen (secondary N) is 4. The first kappa shape index (κ1) is 34.0. The van der Waals surface area contributed by atoms with Crippen LogP contribution in [0.3, 0.4) is 0 Å². The monoisotopic (exact) mass is 600 g/mol. The fourth-order valence-corrected chi connectivity index (χ4v) is 4.04. The standard InChI is InChI=1S/C31H44N4O4S2/c1-30(2,26(36)38-22-24-12-7-5-8-13-24)16-20-34-28(40)32-18-11-19-33-29(41)35-21-17-31(3,4)27(37)39-23-25-14-9-6-10-15-25/h5-10,12-15H,11,16-23H2,1-4H3,(H2,32,34,40)(H2,33,35,41). The Balaban J connectivity index is 1.50. The second-order valence-electron chi connectivity index (χ2n) is 11.1. The highest BCUT2D eigenvalue weighted by Gasteiger charge is 2.30. The van der Waals surface area contributed by atoms with E-state index in [1.54, 1.807) is 0 Å². The van der Waals surface area contributed by atoms with E-state index in [0.717, 1.165) is 17.5 Å². The molecule has 2 aromatic rings. The number of thiocarbonyl (C=S) groups is 2. The zero-order chi connectivity index (χ0) is 30.1. The third kappa shape index (κ3) is 13.8. The summed E-state index contributed by atoms with van der Waals surface area (Å²) in [6, 6.07) is 19.3. The molecule has 0 aromatic heterocycles. The Morgan fingerprint density at radius 3 is 1.32 bits per heavy atom. The van der Waals surface area contributed by atoms with Crippen LogP contribution in [0.25, 0.3) is 0 Å². The molecule has 10 heteroatoms. The van der Waals surface area contributed by atoms with E-state index in [-0.39, 0.29) is 25.2 Å². The molecule has 0 amide bonds. The van der Waals surface area contributed by atoms with Crippen molar-refractivity contribution in [2.75, 3.05) is 26.2 Å². The molecule has 0 spiro atoms. The molecule has 0 unspecified atom stereocenters. The second-order valence-corrected chi connectivity index (χ2v) is 11.9. The Bertz CT molecular complexity index is 1020. The fraction of sp³-hybridized carbons (Fsp3) is 0.484. The van der Waals surface area contributed by atoms with Crippen LogP contribution in [0.2, 0.25) is 0 Å². The van der Waals surface area contributed by atoms with Crippen molar-refractivity contribution in [2.45, 2.75) is 60.2 Å². The molecular weight excluding hydrogens is 556 g/mol. The van der Waals surface area contributed by atoms with E-state index >= 15 is 0 Å². The molecule has 0 aliphatic heterocycles. The molecule has 41 heavy (non-hydrogen) atoms. The molecule has 4 N–H and O–H groups in total. The van der Waals surface area contributed by atoms with Crippen molar-refractivity contribution in [3.8, 4) is 0 Å². The van der Waals surface area contributed by atoms with Gasteiger partial charge in [0.2, 0.25) is 0 Å². The van der Waals surface area contributed by atoms with Crippen molar-refractivity contribution in [1.82, 2.24) is 21.3 Å². The van der Waals surface area contributed by atoms with Crippen molar-refractivity contribution in [3.63, 3.8) is 0 Å². The molecule has 8 nitrogen and oxygen atoms in total. The molecule has 2 rings (SSSR count). The summed E-state index contributed by atoms with van der Waals surface area (Å²) in [5.41, 5.74) is 0.683. The molecule has 0 heterocycles. The summed E-state index contributed by atoms with van der Waals surface area (Å²) in [6.07, 6.45) is 1.98. The van der Waals surface area contributed by atoms with Crippen molar-refractivity contribution < 1.29 is 19.1 Å². The number of ether oxygens (including phenoxy) is 2. The first-order valence-corrected chi connectivity index (χ1v) is 14.8. The SMILES string of the molecule is CC(C)(CCNC(=S)NCCCNC(=S)NCCC(C)(C)C(=O)OCc1ccccc1)C(=O)OCc1ccccc1. The Morgan fingerprint density at radius 2 is 0.951 bits per heavy atom. The third-order valence-corrected chi connectivity index (χ3v) is 7.10. The summed E-state index contributed by atoms with van der Waals surface area (Å²) >= 11 is 10.7. The number of carbonyl (C=O) groups excluding carboxylic acids is 2.